The smallest absolute Gasteiger partial charge is 0.276 e. The molecule has 0 saturated carbocycles. The fourth-order valence-electron chi connectivity index (χ4n) is 2.49. The van der Waals surface area contributed by atoms with Crippen LogP contribution < -0.4 is 0 Å². The maximum atomic E-state index is 12.3. The summed E-state index contributed by atoms with van der Waals surface area (Å²) in [7, 11) is 0. The normalized spacial score (nSPS) is 16.3. The number of allylic oxidation sites excluding steroid dienone is 3. The van der Waals surface area contributed by atoms with Crippen LogP contribution in [-0.2, 0) is 4.79 Å². The number of ketones is 1. The van der Waals surface area contributed by atoms with Crippen LogP contribution in [-0.4, -0.2) is 10.7 Å². The largest absolute Gasteiger partial charge is 0.289 e. The molecule has 0 radical (unpaired) electrons. The monoisotopic (exact) mass is 285 g/mol. The highest BCUT2D eigenvalue weighted by Crippen LogP contribution is 2.28. The van der Waals surface area contributed by atoms with E-state index in [0.717, 1.165) is 31.3 Å². The van der Waals surface area contributed by atoms with E-state index in [9.17, 15) is 14.9 Å². The van der Waals surface area contributed by atoms with E-state index >= 15 is 0 Å². The molecule has 0 aliphatic heterocycles. The van der Waals surface area contributed by atoms with Crippen molar-refractivity contribution in [3.8, 4) is 0 Å². The number of rotatable bonds is 6. The Balaban J connectivity index is 2.14. The molecule has 1 aromatic rings. The first-order valence-electron chi connectivity index (χ1n) is 7.31. The van der Waals surface area contributed by atoms with Gasteiger partial charge in [0.2, 0.25) is 0 Å². The summed E-state index contributed by atoms with van der Waals surface area (Å²) in [6.45, 7) is 2.13. The minimum absolute atomic E-state index is 0.0391. The van der Waals surface area contributed by atoms with Gasteiger partial charge in [-0.25, -0.2) is 0 Å². The van der Waals surface area contributed by atoms with E-state index < -0.39 is 4.92 Å². The van der Waals surface area contributed by atoms with Gasteiger partial charge >= 0.3 is 0 Å². The lowest BCUT2D eigenvalue weighted by molar-refractivity contribution is -0.385. The van der Waals surface area contributed by atoms with Gasteiger partial charge in [0, 0.05) is 11.6 Å². The standard InChI is InChI=1S/C17H19NO3/c1-2-3-4-7-13-10-11-15(17(13)19)12-14-8-5-6-9-16(14)18(20)21/h5-6,8-10,12H,2-4,7,11H2,1H3/b15-12+. The van der Waals surface area contributed by atoms with Crippen LogP contribution in [0.5, 0.6) is 0 Å². The molecule has 0 saturated heterocycles. The number of nitro benzene ring substituents is 1. The van der Waals surface area contributed by atoms with Crippen molar-refractivity contribution in [3.05, 3.63) is 57.2 Å². The molecule has 0 unspecified atom stereocenters. The lowest BCUT2D eigenvalue weighted by Gasteiger charge is -2.02. The fourth-order valence-corrected chi connectivity index (χ4v) is 2.49. The van der Waals surface area contributed by atoms with Crippen LogP contribution in [0, 0.1) is 10.1 Å². The van der Waals surface area contributed by atoms with Crippen LogP contribution in [0.4, 0.5) is 5.69 Å². The van der Waals surface area contributed by atoms with Crippen molar-refractivity contribution in [2.75, 3.05) is 0 Å². The number of Topliss-reactive ketones (excluding diaryl/α,β-unsaturated/α-hetero) is 1. The van der Waals surface area contributed by atoms with Crippen molar-refractivity contribution >= 4 is 17.5 Å². The molecule has 0 aromatic heterocycles. The Morgan fingerprint density at radius 2 is 2.05 bits per heavy atom. The van der Waals surface area contributed by atoms with Crippen LogP contribution >= 0.6 is 0 Å². The molecule has 1 aromatic carbocycles. The van der Waals surface area contributed by atoms with Crippen LogP contribution in [0.25, 0.3) is 6.08 Å². The number of nitro groups is 1. The average Bonchev–Trinajstić information content (AvgIpc) is 2.81. The van der Waals surface area contributed by atoms with Crippen molar-refractivity contribution in [3.63, 3.8) is 0 Å². The molecule has 0 amide bonds. The SMILES string of the molecule is CCCCCC1=CC/C(=C\c2ccccc2[N+](=O)[O-])C1=O. The minimum atomic E-state index is -0.415. The molecule has 0 spiro atoms. The predicted octanol–water partition coefficient (Wildman–Crippen LogP) is 4.46. The quantitative estimate of drug-likeness (QED) is 0.335. The van der Waals surface area contributed by atoms with Crippen molar-refractivity contribution in [2.24, 2.45) is 0 Å². The van der Waals surface area contributed by atoms with Gasteiger partial charge in [-0.15, -0.1) is 0 Å². The summed E-state index contributed by atoms with van der Waals surface area (Å²) in [5, 5.41) is 11.0. The summed E-state index contributed by atoms with van der Waals surface area (Å²) >= 11 is 0. The van der Waals surface area contributed by atoms with Crippen molar-refractivity contribution in [1.82, 2.24) is 0 Å². The average molecular weight is 285 g/mol. The Morgan fingerprint density at radius 1 is 1.29 bits per heavy atom. The minimum Gasteiger partial charge on any atom is -0.289 e. The predicted molar refractivity (Wildman–Crippen MR) is 82.9 cm³/mol. The number of unbranched alkanes of at least 4 members (excludes halogenated alkanes) is 2. The van der Waals surface area contributed by atoms with E-state index in [1.54, 1.807) is 24.3 Å². The lowest BCUT2D eigenvalue weighted by atomic mass is 10.0. The number of carbonyl (C=O) groups excluding carboxylic acids is 1. The molecule has 4 nitrogen and oxygen atoms in total. The Kier molecular flexibility index (Phi) is 5.04. The second kappa shape index (κ2) is 6.97. The maximum absolute atomic E-state index is 12.3. The number of benzene rings is 1. The maximum Gasteiger partial charge on any atom is 0.276 e. The van der Waals surface area contributed by atoms with Gasteiger partial charge in [-0.3, -0.25) is 14.9 Å². The molecule has 110 valence electrons. The first-order valence-corrected chi connectivity index (χ1v) is 7.31. The number of para-hydroxylation sites is 1. The highest BCUT2D eigenvalue weighted by Gasteiger charge is 2.21. The van der Waals surface area contributed by atoms with Crippen molar-refractivity contribution in [2.45, 2.75) is 39.0 Å². The van der Waals surface area contributed by atoms with Crippen LogP contribution in [0.15, 0.2) is 41.5 Å². The lowest BCUT2D eigenvalue weighted by Crippen LogP contribution is -2.00. The van der Waals surface area contributed by atoms with Crippen LogP contribution in [0.1, 0.15) is 44.6 Å². The molecule has 0 N–H and O–H groups in total. The molecule has 2 rings (SSSR count). The zero-order valence-electron chi connectivity index (χ0n) is 12.2. The van der Waals surface area contributed by atoms with E-state index in [2.05, 4.69) is 6.92 Å². The van der Waals surface area contributed by atoms with Crippen molar-refractivity contribution in [1.29, 1.82) is 0 Å². The van der Waals surface area contributed by atoms with Gasteiger partial charge in [0.1, 0.15) is 0 Å². The van der Waals surface area contributed by atoms with E-state index in [-0.39, 0.29) is 11.5 Å². The molecular weight excluding hydrogens is 266 g/mol. The first-order chi connectivity index (χ1) is 10.1. The van der Waals surface area contributed by atoms with Gasteiger partial charge in [0.05, 0.1) is 10.5 Å². The van der Waals surface area contributed by atoms with Gasteiger partial charge in [-0.1, -0.05) is 38.0 Å². The van der Waals surface area contributed by atoms with E-state index in [0.29, 0.717) is 17.6 Å². The van der Waals surface area contributed by atoms with E-state index in [4.69, 9.17) is 0 Å². The molecule has 0 fully saturated rings. The Morgan fingerprint density at radius 3 is 2.76 bits per heavy atom. The van der Waals surface area contributed by atoms with Crippen molar-refractivity contribution < 1.29 is 9.72 Å². The van der Waals surface area contributed by atoms with Gasteiger partial charge in [-0.05, 0) is 37.0 Å². The number of hydrogen-bond acceptors (Lipinski definition) is 3. The summed E-state index contributed by atoms with van der Waals surface area (Å²) in [5.74, 6) is 0.0456. The third-order valence-electron chi connectivity index (χ3n) is 3.66. The highest BCUT2D eigenvalue weighted by molar-refractivity contribution is 6.13. The molecule has 21 heavy (non-hydrogen) atoms. The molecule has 1 aliphatic carbocycles. The van der Waals surface area contributed by atoms with E-state index in [1.807, 2.05) is 6.08 Å². The fraction of sp³-hybridized carbons (Fsp3) is 0.353. The summed E-state index contributed by atoms with van der Waals surface area (Å²) in [6.07, 6.45) is 8.26. The highest BCUT2D eigenvalue weighted by atomic mass is 16.6. The second-order valence-corrected chi connectivity index (χ2v) is 5.21. The van der Waals surface area contributed by atoms with Crippen LogP contribution in [0.3, 0.4) is 0 Å². The molecular formula is C17H19NO3. The molecule has 1 aliphatic rings. The molecule has 0 atom stereocenters. The molecule has 4 heteroatoms. The number of hydrogen-bond donors (Lipinski definition) is 0. The summed E-state index contributed by atoms with van der Waals surface area (Å²) < 4.78 is 0. The van der Waals surface area contributed by atoms with Gasteiger partial charge in [0.25, 0.3) is 5.69 Å². The Labute approximate surface area is 124 Å². The summed E-state index contributed by atoms with van der Waals surface area (Å²) in [6, 6.07) is 6.51. The van der Waals surface area contributed by atoms with E-state index in [1.165, 1.54) is 6.07 Å². The Bertz CT molecular complexity index is 614. The number of nitrogens with zero attached hydrogens (tertiary/aromatic N) is 1. The van der Waals surface area contributed by atoms with Gasteiger partial charge in [-0.2, -0.15) is 0 Å². The number of carbonyl (C=O) groups is 1. The Hall–Kier alpha value is -2.23. The third-order valence-corrected chi connectivity index (χ3v) is 3.66. The second-order valence-electron chi connectivity index (χ2n) is 5.21. The molecule has 0 heterocycles. The zero-order chi connectivity index (χ0) is 15.2. The summed E-state index contributed by atoms with van der Waals surface area (Å²) in [5.41, 5.74) is 2.04. The van der Waals surface area contributed by atoms with Gasteiger partial charge < -0.3 is 0 Å². The molecule has 0 bridgehead atoms. The summed E-state index contributed by atoms with van der Waals surface area (Å²) in [4.78, 5) is 22.9. The van der Waals surface area contributed by atoms with Crippen LogP contribution in [0.2, 0.25) is 0 Å². The first kappa shape index (κ1) is 15.2. The van der Waals surface area contributed by atoms with Gasteiger partial charge in [0.15, 0.2) is 5.78 Å². The third kappa shape index (κ3) is 3.66. The zero-order valence-corrected chi connectivity index (χ0v) is 12.2. The topological polar surface area (TPSA) is 60.2 Å².